The lowest BCUT2D eigenvalue weighted by atomic mass is 9.86. The molecule has 8 heteroatoms. The van der Waals surface area contributed by atoms with Crippen molar-refractivity contribution >= 4 is 12.0 Å². The van der Waals surface area contributed by atoms with Crippen molar-refractivity contribution in [2.45, 2.75) is 38.6 Å². The zero-order valence-corrected chi connectivity index (χ0v) is 18.0. The van der Waals surface area contributed by atoms with Crippen molar-refractivity contribution < 1.29 is 28.2 Å². The number of hydrogen-bond donors (Lipinski definition) is 2. The van der Waals surface area contributed by atoms with E-state index in [1.807, 2.05) is 0 Å². The SMILES string of the molecule is Cc1c(F)cccc1OC(=O)N1CCC([C@@H](CCCO)NC(=O)c2ccc(F)cc2)CC1. The lowest BCUT2D eigenvalue weighted by molar-refractivity contribution is 0.0873. The molecule has 0 aliphatic carbocycles. The molecule has 1 aliphatic heterocycles. The zero-order chi connectivity index (χ0) is 23.1. The molecule has 0 unspecified atom stereocenters. The summed E-state index contributed by atoms with van der Waals surface area (Å²) in [5.41, 5.74) is 0.648. The second-order valence-electron chi connectivity index (χ2n) is 8.01. The molecule has 2 aromatic carbocycles. The first kappa shape index (κ1) is 23.7. The topological polar surface area (TPSA) is 78.9 Å². The number of likely N-dealkylation sites (tertiary alicyclic amines) is 1. The Hall–Kier alpha value is -3.00. The van der Waals surface area contributed by atoms with Gasteiger partial charge < -0.3 is 20.1 Å². The Kier molecular flexibility index (Phi) is 8.16. The van der Waals surface area contributed by atoms with Crippen LogP contribution in [0.4, 0.5) is 13.6 Å². The van der Waals surface area contributed by atoms with Gasteiger partial charge in [0, 0.05) is 36.9 Å². The molecule has 1 fully saturated rings. The minimum absolute atomic E-state index is 0.0150. The van der Waals surface area contributed by atoms with Crippen LogP contribution in [0.1, 0.15) is 41.6 Å². The van der Waals surface area contributed by atoms with Crippen LogP contribution in [0.3, 0.4) is 0 Å². The number of halogens is 2. The summed E-state index contributed by atoms with van der Waals surface area (Å²) in [7, 11) is 0. The van der Waals surface area contributed by atoms with Gasteiger partial charge >= 0.3 is 6.09 Å². The molecule has 0 bridgehead atoms. The summed E-state index contributed by atoms with van der Waals surface area (Å²) in [6, 6.07) is 9.52. The predicted molar refractivity (Wildman–Crippen MR) is 115 cm³/mol. The molecule has 2 amide bonds. The van der Waals surface area contributed by atoms with Crippen molar-refractivity contribution in [3.8, 4) is 5.75 Å². The van der Waals surface area contributed by atoms with Crippen molar-refractivity contribution in [1.82, 2.24) is 10.2 Å². The van der Waals surface area contributed by atoms with Gasteiger partial charge in [-0.05, 0) is 74.9 Å². The Morgan fingerprint density at radius 2 is 1.84 bits per heavy atom. The maximum absolute atomic E-state index is 13.7. The van der Waals surface area contributed by atoms with Gasteiger partial charge in [-0.2, -0.15) is 0 Å². The second kappa shape index (κ2) is 11.0. The molecule has 2 N–H and O–H groups in total. The number of amides is 2. The molecule has 32 heavy (non-hydrogen) atoms. The van der Waals surface area contributed by atoms with Gasteiger partial charge in [-0.25, -0.2) is 13.6 Å². The van der Waals surface area contributed by atoms with Gasteiger partial charge in [0.15, 0.2) is 0 Å². The minimum atomic E-state index is -0.528. The van der Waals surface area contributed by atoms with Crippen molar-refractivity contribution in [1.29, 1.82) is 0 Å². The van der Waals surface area contributed by atoms with Crippen LogP contribution in [-0.2, 0) is 0 Å². The predicted octanol–water partition coefficient (Wildman–Crippen LogP) is 4.06. The molecule has 172 valence electrons. The summed E-state index contributed by atoms with van der Waals surface area (Å²) in [5.74, 6) is -0.824. The molecule has 1 atom stereocenters. The summed E-state index contributed by atoms with van der Waals surface area (Å²) in [5, 5.41) is 12.2. The average Bonchev–Trinajstić information content (AvgIpc) is 2.80. The van der Waals surface area contributed by atoms with E-state index in [-0.39, 0.29) is 35.8 Å². The molecule has 3 rings (SSSR count). The summed E-state index contributed by atoms with van der Waals surface area (Å²) in [6.07, 6.45) is 1.91. The van der Waals surface area contributed by atoms with E-state index in [2.05, 4.69) is 5.32 Å². The number of nitrogens with one attached hydrogen (secondary N) is 1. The van der Waals surface area contributed by atoms with E-state index in [1.165, 1.54) is 36.4 Å². The molecule has 6 nitrogen and oxygen atoms in total. The maximum atomic E-state index is 13.7. The number of piperidine rings is 1. The Balaban J connectivity index is 1.58. The normalized spacial score (nSPS) is 15.3. The van der Waals surface area contributed by atoms with Crippen LogP contribution < -0.4 is 10.1 Å². The monoisotopic (exact) mass is 446 g/mol. The highest BCUT2D eigenvalue weighted by molar-refractivity contribution is 5.94. The van der Waals surface area contributed by atoms with Crippen LogP contribution in [0.2, 0.25) is 0 Å². The van der Waals surface area contributed by atoms with Crippen molar-refractivity contribution in [3.05, 3.63) is 65.2 Å². The molecule has 2 aromatic rings. The highest BCUT2D eigenvalue weighted by atomic mass is 19.1. The number of carbonyl (C=O) groups is 2. The van der Waals surface area contributed by atoms with E-state index >= 15 is 0 Å². The highest BCUT2D eigenvalue weighted by Gasteiger charge is 2.30. The van der Waals surface area contributed by atoms with Gasteiger partial charge in [0.05, 0.1) is 0 Å². The standard InChI is InChI=1S/C24H28F2N2O4/c1-16-20(26)4-2-6-22(16)32-24(31)28-13-11-17(12-14-28)21(5-3-15-29)27-23(30)18-7-9-19(25)10-8-18/h2,4,6-10,17,21,29H,3,5,11-15H2,1H3,(H,27,30)/t21-/m1/s1. The largest absolute Gasteiger partial charge is 0.415 e. The maximum Gasteiger partial charge on any atom is 0.415 e. The molecular weight excluding hydrogens is 418 g/mol. The lowest BCUT2D eigenvalue weighted by Gasteiger charge is -2.36. The number of ether oxygens (including phenoxy) is 1. The average molecular weight is 446 g/mol. The summed E-state index contributed by atoms with van der Waals surface area (Å²) >= 11 is 0. The molecule has 1 aliphatic rings. The fourth-order valence-electron chi connectivity index (χ4n) is 3.93. The van der Waals surface area contributed by atoms with Crippen molar-refractivity contribution in [2.75, 3.05) is 19.7 Å². The number of rotatable bonds is 7. The highest BCUT2D eigenvalue weighted by Crippen LogP contribution is 2.26. The van der Waals surface area contributed by atoms with Gasteiger partial charge in [-0.3, -0.25) is 4.79 Å². The molecule has 1 heterocycles. The van der Waals surface area contributed by atoms with Crippen LogP contribution in [0, 0.1) is 24.5 Å². The van der Waals surface area contributed by atoms with E-state index in [0.29, 0.717) is 44.3 Å². The van der Waals surface area contributed by atoms with E-state index in [1.54, 1.807) is 17.9 Å². The Labute approximate surface area is 186 Å². The Bertz CT molecular complexity index is 928. The number of aliphatic hydroxyl groups is 1. The number of carbonyl (C=O) groups excluding carboxylic acids is 2. The van der Waals surface area contributed by atoms with Crippen LogP contribution in [-0.4, -0.2) is 47.7 Å². The fourth-order valence-corrected chi connectivity index (χ4v) is 3.93. The Morgan fingerprint density at radius 3 is 2.50 bits per heavy atom. The molecule has 0 spiro atoms. The Morgan fingerprint density at radius 1 is 1.16 bits per heavy atom. The summed E-state index contributed by atoms with van der Waals surface area (Å²) in [6.45, 7) is 2.46. The van der Waals surface area contributed by atoms with Crippen molar-refractivity contribution in [2.24, 2.45) is 5.92 Å². The molecule has 1 saturated heterocycles. The van der Waals surface area contributed by atoms with Gasteiger partial charge in [0.2, 0.25) is 0 Å². The number of nitrogens with zero attached hydrogens (tertiary/aromatic N) is 1. The summed E-state index contributed by atoms with van der Waals surface area (Å²) in [4.78, 5) is 26.7. The quantitative estimate of drug-likeness (QED) is 0.673. The van der Waals surface area contributed by atoms with Gasteiger partial charge in [0.1, 0.15) is 17.4 Å². The first-order chi connectivity index (χ1) is 15.4. The van der Waals surface area contributed by atoms with E-state index in [4.69, 9.17) is 4.74 Å². The van der Waals surface area contributed by atoms with Crippen LogP contribution in [0.15, 0.2) is 42.5 Å². The van der Waals surface area contributed by atoms with E-state index in [0.717, 1.165) is 0 Å². The first-order valence-electron chi connectivity index (χ1n) is 10.8. The first-order valence-corrected chi connectivity index (χ1v) is 10.8. The number of benzene rings is 2. The third-order valence-corrected chi connectivity index (χ3v) is 5.88. The third kappa shape index (κ3) is 6.03. The van der Waals surface area contributed by atoms with Crippen LogP contribution in [0.5, 0.6) is 5.75 Å². The lowest BCUT2D eigenvalue weighted by Crippen LogP contribution is -2.47. The third-order valence-electron chi connectivity index (χ3n) is 5.88. The fraction of sp³-hybridized carbons (Fsp3) is 0.417. The van der Waals surface area contributed by atoms with E-state index in [9.17, 15) is 23.5 Å². The van der Waals surface area contributed by atoms with Crippen LogP contribution >= 0.6 is 0 Å². The van der Waals surface area contributed by atoms with Gasteiger partial charge in [-0.15, -0.1) is 0 Å². The molecule has 0 radical (unpaired) electrons. The number of hydrogen-bond acceptors (Lipinski definition) is 4. The minimum Gasteiger partial charge on any atom is -0.410 e. The van der Waals surface area contributed by atoms with Crippen molar-refractivity contribution in [3.63, 3.8) is 0 Å². The number of aliphatic hydroxyl groups excluding tert-OH is 1. The molecule has 0 saturated carbocycles. The van der Waals surface area contributed by atoms with Crippen LogP contribution in [0.25, 0.3) is 0 Å². The van der Waals surface area contributed by atoms with Gasteiger partial charge in [-0.1, -0.05) is 6.07 Å². The molecular formula is C24H28F2N2O4. The molecule has 0 aromatic heterocycles. The van der Waals surface area contributed by atoms with Gasteiger partial charge in [0.25, 0.3) is 5.91 Å². The van der Waals surface area contributed by atoms with E-state index < -0.39 is 17.7 Å². The summed E-state index contributed by atoms with van der Waals surface area (Å²) < 4.78 is 32.2. The second-order valence-corrected chi connectivity index (χ2v) is 8.01. The zero-order valence-electron chi connectivity index (χ0n) is 18.0. The smallest absolute Gasteiger partial charge is 0.410 e.